The van der Waals surface area contributed by atoms with Crippen LogP contribution < -0.4 is 10.6 Å². The van der Waals surface area contributed by atoms with Crippen molar-refractivity contribution in [1.82, 2.24) is 9.97 Å². The molecule has 1 aromatic heterocycles. The SMILES string of the molecule is CCc1cccc(CC)c1NC(=O)c1cc(NC(C)CC)nc(C)n1. The van der Waals surface area contributed by atoms with E-state index >= 15 is 0 Å². The lowest BCUT2D eigenvalue weighted by Crippen LogP contribution is -2.19. The van der Waals surface area contributed by atoms with E-state index in [1.54, 1.807) is 13.0 Å². The molecule has 134 valence electrons. The number of carbonyl (C=O) groups is 1. The zero-order chi connectivity index (χ0) is 18.4. The van der Waals surface area contributed by atoms with E-state index in [1.165, 1.54) is 0 Å². The number of para-hydroxylation sites is 1. The predicted molar refractivity (Wildman–Crippen MR) is 103 cm³/mol. The molecule has 2 rings (SSSR count). The van der Waals surface area contributed by atoms with E-state index in [-0.39, 0.29) is 11.9 Å². The fourth-order valence-corrected chi connectivity index (χ4v) is 2.69. The van der Waals surface area contributed by atoms with Gasteiger partial charge in [-0.2, -0.15) is 0 Å². The molecule has 0 aliphatic rings. The Morgan fingerprint density at radius 2 is 1.76 bits per heavy atom. The summed E-state index contributed by atoms with van der Waals surface area (Å²) in [5, 5.41) is 6.37. The number of hydrogen-bond acceptors (Lipinski definition) is 4. The Morgan fingerprint density at radius 1 is 1.12 bits per heavy atom. The van der Waals surface area contributed by atoms with Crippen LogP contribution in [0.4, 0.5) is 11.5 Å². The molecule has 1 heterocycles. The first-order chi connectivity index (χ1) is 12.0. The van der Waals surface area contributed by atoms with Crippen LogP contribution in [-0.2, 0) is 12.8 Å². The van der Waals surface area contributed by atoms with Crippen LogP contribution in [0.25, 0.3) is 0 Å². The Balaban J connectivity index is 2.30. The summed E-state index contributed by atoms with van der Waals surface area (Å²) < 4.78 is 0. The molecule has 5 heteroatoms. The van der Waals surface area contributed by atoms with Gasteiger partial charge in [0.2, 0.25) is 0 Å². The number of rotatable bonds is 7. The van der Waals surface area contributed by atoms with E-state index in [0.29, 0.717) is 17.3 Å². The van der Waals surface area contributed by atoms with Gasteiger partial charge in [-0.25, -0.2) is 9.97 Å². The topological polar surface area (TPSA) is 66.9 Å². The maximum atomic E-state index is 12.8. The largest absolute Gasteiger partial charge is 0.368 e. The van der Waals surface area contributed by atoms with Gasteiger partial charge in [0.25, 0.3) is 5.91 Å². The molecule has 1 aromatic carbocycles. The minimum absolute atomic E-state index is 0.201. The summed E-state index contributed by atoms with van der Waals surface area (Å²) in [5.74, 6) is 1.07. The third-order valence-electron chi connectivity index (χ3n) is 4.31. The number of aryl methyl sites for hydroxylation is 3. The van der Waals surface area contributed by atoms with Crippen LogP contribution in [-0.4, -0.2) is 21.9 Å². The second-order valence-electron chi connectivity index (χ2n) is 6.25. The van der Waals surface area contributed by atoms with Crippen molar-refractivity contribution in [2.45, 2.75) is 59.9 Å². The standard InChI is InChI=1S/C20H28N4O/c1-6-13(4)21-18-12-17(22-14(5)23-18)20(25)24-19-15(7-2)10-9-11-16(19)8-3/h9-13H,6-8H2,1-5H3,(H,24,25)(H,21,22,23). The van der Waals surface area contributed by atoms with Crippen LogP contribution in [0.15, 0.2) is 24.3 Å². The highest BCUT2D eigenvalue weighted by atomic mass is 16.1. The van der Waals surface area contributed by atoms with Gasteiger partial charge < -0.3 is 10.6 Å². The summed E-state index contributed by atoms with van der Waals surface area (Å²) in [7, 11) is 0. The monoisotopic (exact) mass is 340 g/mol. The number of amides is 1. The van der Waals surface area contributed by atoms with E-state index in [2.05, 4.69) is 60.4 Å². The number of nitrogens with one attached hydrogen (secondary N) is 2. The minimum atomic E-state index is -0.201. The summed E-state index contributed by atoms with van der Waals surface area (Å²) in [4.78, 5) is 21.5. The van der Waals surface area contributed by atoms with Gasteiger partial charge in [0.05, 0.1) is 0 Å². The van der Waals surface area contributed by atoms with Crippen molar-refractivity contribution in [3.8, 4) is 0 Å². The van der Waals surface area contributed by atoms with Gasteiger partial charge in [-0.05, 0) is 44.2 Å². The summed E-state index contributed by atoms with van der Waals surface area (Å²) in [5.41, 5.74) is 3.56. The highest BCUT2D eigenvalue weighted by Gasteiger charge is 2.15. The fraction of sp³-hybridized carbons (Fsp3) is 0.450. The Kier molecular flexibility index (Phi) is 6.51. The van der Waals surface area contributed by atoms with E-state index in [9.17, 15) is 4.79 Å². The average molecular weight is 340 g/mol. The first kappa shape index (κ1) is 18.9. The normalized spacial score (nSPS) is 11.9. The third-order valence-corrected chi connectivity index (χ3v) is 4.31. The zero-order valence-electron chi connectivity index (χ0n) is 15.8. The van der Waals surface area contributed by atoms with Gasteiger partial charge in [0.1, 0.15) is 17.3 Å². The minimum Gasteiger partial charge on any atom is -0.368 e. The van der Waals surface area contributed by atoms with Crippen LogP contribution in [0.2, 0.25) is 0 Å². The fourth-order valence-electron chi connectivity index (χ4n) is 2.69. The molecule has 5 nitrogen and oxygen atoms in total. The summed E-state index contributed by atoms with van der Waals surface area (Å²) in [6, 6.07) is 8.15. The lowest BCUT2D eigenvalue weighted by molar-refractivity contribution is 0.102. The highest BCUT2D eigenvalue weighted by molar-refractivity contribution is 6.04. The van der Waals surface area contributed by atoms with Gasteiger partial charge in [0, 0.05) is 17.8 Å². The Hall–Kier alpha value is -2.43. The van der Waals surface area contributed by atoms with Crippen molar-refractivity contribution in [2.75, 3.05) is 10.6 Å². The zero-order valence-corrected chi connectivity index (χ0v) is 15.8. The number of nitrogens with zero attached hydrogens (tertiary/aromatic N) is 2. The lowest BCUT2D eigenvalue weighted by atomic mass is 10.0. The average Bonchev–Trinajstić information content (AvgIpc) is 2.61. The van der Waals surface area contributed by atoms with Crippen LogP contribution in [0.1, 0.15) is 61.6 Å². The molecule has 0 fully saturated rings. The number of carbonyl (C=O) groups excluding carboxylic acids is 1. The van der Waals surface area contributed by atoms with Crippen molar-refractivity contribution < 1.29 is 4.79 Å². The molecule has 2 N–H and O–H groups in total. The molecular formula is C20H28N4O. The highest BCUT2D eigenvalue weighted by Crippen LogP contribution is 2.23. The van der Waals surface area contributed by atoms with Gasteiger partial charge in [0.15, 0.2) is 0 Å². The molecule has 1 atom stereocenters. The van der Waals surface area contributed by atoms with Crippen LogP contribution in [0.3, 0.4) is 0 Å². The van der Waals surface area contributed by atoms with Gasteiger partial charge in [-0.15, -0.1) is 0 Å². The van der Waals surface area contributed by atoms with E-state index < -0.39 is 0 Å². The second kappa shape index (κ2) is 8.60. The second-order valence-corrected chi connectivity index (χ2v) is 6.25. The van der Waals surface area contributed by atoms with Gasteiger partial charge in [-0.1, -0.05) is 39.0 Å². The summed E-state index contributed by atoms with van der Waals surface area (Å²) in [6.45, 7) is 10.2. The predicted octanol–water partition coefficient (Wildman–Crippen LogP) is 4.37. The Morgan fingerprint density at radius 3 is 2.32 bits per heavy atom. The number of aromatic nitrogens is 2. The molecule has 1 unspecified atom stereocenters. The molecule has 0 spiro atoms. The van der Waals surface area contributed by atoms with Crippen LogP contribution in [0, 0.1) is 6.92 Å². The molecular weight excluding hydrogens is 312 g/mol. The van der Waals surface area contributed by atoms with Crippen molar-refractivity contribution in [1.29, 1.82) is 0 Å². The molecule has 1 amide bonds. The molecule has 0 radical (unpaired) electrons. The smallest absolute Gasteiger partial charge is 0.274 e. The summed E-state index contributed by atoms with van der Waals surface area (Å²) >= 11 is 0. The Bertz CT molecular complexity index is 720. The van der Waals surface area contributed by atoms with Crippen LogP contribution in [0.5, 0.6) is 0 Å². The molecule has 0 saturated carbocycles. The third kappa shape index (κ3) is 4.78. The first-order valence-electron chi connectivity index (χ1n) is 9.02. The van der Waals surface area contributed by atoms with E-state index in [4.69, 9.17) is 0 Å². The molecule has 25 heavy (non-hydrogen) atoms. The van der Waals surface area contributed by atoms with Crippen molar-refractivity contribution in [3.63, 3.8) is 0 Å². The van der Waals surface area contributed by atoms with Gasteiger partial charge >= 0.3 is 0 Å². The molecule has 0 aliphatic heterocycles. The molecule has 0 bridgehead atoms. The summed E-state index contributed by atoms with van der Waals surface area (Å²) in [6.07, 6.45) is 2.72. The maximum absolute atomic E-state index is 12.8. The van der Waals surface area contributed by atoms with E-state index in [0.717, 1.165) is 36.1 Å². The van der Waals surface area contributed by atoms with Crippen molar-refractivity contribution in [2.24, 2.45) is 0 Å². The van der Waals surface area contributed by atoms with Crippen LogP contribution >= 0.6 is 0 Å². The molecule has 0 saturated heterocycles. The first-order valence-corrected chi connectivity index (χ1v) is 9.02. The number of benzene rings is 1. The van der Waals surface area contributed by atoms with Gasteiger partial charge in [-0.3, -0.25) is 4.79 Å². The molecule has 2 aromatic rings. The maximum Gasteiger partial charge on any atom is 0.274 e. The Labute approximate surface area is 150 Å². The lowest BCUT2D eigenvalue weighted by Gasteiger charge is -2.16. The quantitative estimate of drug-likeness (QED) is 0.785. The van der Waals surface area contributed by atoms with Crippen molar-refractivity contribution in [3.05, 3.63) is 46.9 Å². The number of hydrogen-bond donors (Lipinski definition) is 2. The van der Waals surface area contributed by atoms with E-state index in [1.807, 2.05) is 6.07 Å². The number of anilines is 2. The van der Waals surface area contributed by atoms with Crippen molar-refractivity contribution >= 4 is 17.4 Å². The molecule has 0 aliphatic carbocycles.